The van der Waals surface area contributed by atoms with Gasteiger partial charge in [0, 0.05) is 26.4 Å². The molecule has 1 N–H and O–H groups in total. The summed E-state index contributed by atoms with van der Waals surface area (Å²) in [4.78, 5) is 6.11. The van der Waals surface area contributed by atoms with Crippen LogP contribution in [0.2, 0.25) is 0 Å². The van der Waals surface area contributed by atoms with E-state index in [1.54, 1.807) is 0 Å². The van der Waals surface area contributed by atoms with Crippen molar-refractivity contribution in [3.8, 4) is 0 Å². The second-order valence-corrected chi connectivity index (χ2v) is 5.58. The van der Waals surface area contributed by atoms with Crippen LogP contribution in [0.15, 0.2) is 58.3 Å². The first-order valence-electron chi connectivity index (χ1n) is 6.06. The minimum atomic E-state index is 1.24. The summed E-state index contributed by atoms with van der Waals surface area (Å²) in [6.07, 6.45) is 0. The summed E-state index contributed by atoms with van der Waals surface area (Å²) < 4.78 is 0. The van der Waals surface area contributed by atoms with Crippen LogP contribution in [0.5, 0.6) is 0 Å². The van der Waals surface area contributed by atoms with Crippen molar-refractivity contribution >= 4 is 22.7 Å². The maximum atomic E-state index is 3.49. The van der Waals surface area contributed by atoms with E-state index in [-0.39, 0.29) is 0 Å². The molecule has 2 aromatic carbocycles. The molecule has 1 heterocycles. The molecule has 0 fully saturated rings. The predicted molar refractivity (Wildman–Crippen MR) is 78.3 cm³/mol. The highest BCUT2D eigenvalue weighted by molar-refractivity contribution is 7.99. The molecule has 1 nitrogen and oxygen atoms in total. The smallest absolute Gasteiger partial charge is 0.0497 e. The zero-order valence-corrected chi connectivity index (χ0v) is 11.3. The van der Waals surface area contributed by atoms with Crippen molar-refractivity contribution < 1.29 is 0 Å². The van der Waals surface area contributed by atoms with E-state index in [4.69, 9.17) is 0 Å². The third-order valence-corrected chi connectivity index (χ3v) is 4.37. The first kappa shape index (κ1) is 11.4. The van der Waals surface area contributed by atoms with E-state index in [2.05, 4.69) is 67.4 Å². The van der Waals surface area contributed by atoms with Gasteiger partial charge in [0.05, 0.1) is 0 Å². The summed E-state index contributed by atoms with van der Waals surface area (Å²) in [6.45, 7) is 4.29. The lowest BCUT2D eigenvalue weighted by molar-refractivity contribution is 1.22. The number of para-hydroxylation sites is 1. The number of aromatic nitrogens is 1. The molecule has 0 aliphatic carbocycles. The van der Waals surface area contributed by atoms with Crippen LogP contribution in [0.1, 0.15) is 11.3 Å². The Morgan fingerprint density at radius 1 is 0.889 bits per heavy atom. The van der Waals surface area contributed by atoms with Crippen molar-refractivity contribution in [2.45, 2.75) is 23.6 Å². The van der Waals surface area contributed by atoms with Gasteiger partial charge in [0.15, 0.2) is 0 Å². The number of H-pyrrole nitrogens is 1. The number of aromatic amines is 1. The standard InChI is InChI=1S/C16H15NS/c1-11-7-6-10-14-15(11)17-12(2)16(14)18-13-8-4-3-5-9-13/h3-10,17H,1-2H3. The van der Waals surface area contributed by atoms with Gasteiger partial charge in [-0.1, -0.05) is 48.2 Å². The van der Waals surface area contributed by atoms with Crippen LogP contribution in [0, 0.1) is 13.8 Å². The fourth-order valence-electron chi connectivity index (χ4n) is 2.21. The van der Waals surface area contributed by atoms with Gasteiger partial charge in [-0.25, -0.2) is 0 Å². The van der Waals surface area contributed by atoms with E-state index in [9.17, 15) is 0 Å². The number of rotatable bonds is 2. The third-order valence-electron chi connectivity index (χ3n) is 3.13. The number of fused-ring (bicyclic) bond motifs is 1. The van der Waals surface area contributed by atoms with E-state index in [1.165, 1.54) is 32.0 Å². The summed E-state index contributed by atoms with van der Waals surface area (Å²) in [5.74, 6) is 0. The number of hydrogen-bond donors (Lipinski definition) is 1. The number of hydrogen-bond acceptors (Lipinski definition) is 1. The van der Waals surface area contributed by atoms with Crippen LogP contribution in [0.3, 0.4) is 0 Å². The SMILES string of the molecule is Cc1[nH]c2c(C)cccc2c1Sc1ccccc1. The summed E-state index contributed by atoms with van der Waals surface area (Å²) >= 11 is 1.83. The average Bonchev–Trinajstić information content (AvgIpc) is 2.70. The van der Waals surface area contributed by atoms with Crippen molar-refractivity contribution in [2.75, 3.05) is 0 Å². The Balaban J connectivity index is 2.12. The Labute approximate surface area is 111 Å². The number of aryl methyl sites for hydroxylation is 2. The molecule has 0 saturated carbocycles. The van der Waals surface area contributed by atoms with Gasteiger partial charge >= 0.3 is 0 Å². The topological polar surface area (TPSA) is 15.8 Å². The van der Waals surface area contributed by atoms with Crippen LogP contribution in [0.4, 0.5) is 0 Å². The van der Waals surface area contributed by atoms with Crippen molar-refractivity contribution in [1.29, 1.82) is 0 Å². The average molecular weight is 253 g/mol. The molecule has 0 saturated heterocycles. The second-order valence-electron chi connectivity index (χ2n) is 4.49. The molecule has 0 atom stereocenters. The molecular weight excluding hydrogens is 238 g/mol. The fourth-order valence-corrected chi connectivity index (χ4v) is 3.22. The Hall–Kier alpha value is -1.67. The van der Waals surface area contributed by atoms with Gasteiger partial charge in [-0.2, -0.15) is 0 Å². The van der Waals surface area contributed by atoms with Crippen LogP contribution >= 0.6 is 11.8 Å². The fraction of sp³-hybridized carbons (Fsp3) is 0.125. The van der Waals surface area contributed by atoms with Gasteiger partial charge in [-0.3, -0.25) is 0 Å². The maximum Gasteiger partial charge on any atom is 0.0497 e. The zero-order chi connectivity index (χ0) is 12.5. The molecular formula is C16H15NS. The van der Waals surface area contributed by atoms with Gasteiger partial charge in [0.25, 0.3) is 0 Å². The molecule has 90 valence electrons. The van der Waals surface area contributed by atoms with Crippen molar-refractivity contribution in [1.82, 2.24) is 4.98 Å². The molecule has 0 radical (unpaired) electrons. The zero-order valence-electron chi connectivity index (χ0n) is 10.5. The Bertz CT molecular complexity index is 683. The van der Waals surface area contributed by atoms with Crippen LogP contribution in [0.25, 0.3) is 10.9 Å². The minimum Gasteiger partial charge on any atom is -0.357 e. The Kier molecular flexibility index (Phi) is 2.88. The third kappa shape index (κ3) is 1.93. The van der Waals surface area contributed by atoms with E-state index in [1.807, 2.05) is 11.8 Å². The van der Waals surface area contributed by atoms with E-state index >= 15 is 0 Å². The van der Waals surface area contributed by atoms with E-state index in [0.29, 0.717) is 0 Å². The quantitative estimate of drug-likeness (QED) is 0.684. The number of nitrogens with one attached hydrogen (secondary N) is 1. The minimum absolute atomic E-state index is 1.24. The normalized spacial score (nSPS) is 11.0. The van der Waals surface area contributed by atoms with Crippen molar-refractivity contribution in [2.24, 2.45) is 0 Å². The molecule has 18 heavy (non-hydrogen) atoms. The van der Waals surface area contributed by atoms with Gasteiger partial charge in [0.2, 0.25) is 0 Å². The molecule has 3 rings (SSSR count). The molecule has 3 aromatic rings. The monoisotopic (exact) mass is 253 g/mol. The Morgan fingerprint density at radius 3 is 2.44 bits per heavy atom. The molecule has 0 amide bonds. The summed E-state index contributed by atoms with van der Waals surface area (Å²) in [6, 6.07) is 17.0. The Morgan fingerprint density at radius 2 is 1.67 bits per heavy atom. The van der Waals surface area contributed by atoms with Crippen LogP contribution in [-0.4, -0.2) is 4.98 Å². The van der Waals surface area contributed by atoms with Crippen molar-refractivity contribution in [3.05, 3.63) is 59.8 Å². The first-order valence-corrected chi connectivity index (χ1v) is 6.88. The molecule has 0 aliphatic rings. The van der Waals surface area contributed by atoms with Crippen LogP contribution in [-0.2, 0) is 0 Å². The van der Waals surface area contributed by atoms with Crippen LogP contribution < -0.4 is 0 Å². The number of benzene rings is 2. The largest absolute Gasteiger partial charge is 0.357 e. The highest BCUT2D eigenvalue weighted by atomic mass is 32.2. The molecule has 0 unspecified atom stereocenters. The highest BCUT2D eigenvalue weighted by Gasteiger charge is 2.10. The highest BCUT2D eigenvalue weighted by Crippen LogP contribution is 2.36. The lowest BCUT2D eigenvalue weighted by atomic mass is 10.2. The van der Waals surface area contributed by atoms with Gasteiger partial charge in [-0.15, -0.1) is 0 Å². The van der Waals surface area contributed by atoms with Gasteiger partial charge in [0.1, 0.15) is 0 Å². The second kappa shape index (κ2) is 4.54. The lowest BCUT2D eigenvalue weighted by Crippen LogP contribution is -1.75. The maximum absolute atomic E-state index is 3.49. The first-order chi connectivity index (χ1) is 8.75. The van der Waals surface area contributed by atoms with Crippen molar-refractivity contribution in [3.63, 3.8) is 0 Å². The summed E-state index contributed by atoms with van der Waals surface area (Å²) in [5.41, 5.74) is 3.80. The lowest BCUT2D eigenvalue weighted by Gasteiger charge is -2.01. The predicted octanol–water partition coefficient (Wildman–Crippen LogP) is 4.94. The molecule has 0 spiro atoms. The summed E-state index contributed by atoms with van der Waals surface area (Å²) in [7, 11) is 0. The van der Waals surface area contributed by atoms with E-state index in [0.717, 1.165) is 0 Å². The molecule has 0 bridgehead atoms. The van der Waals surface area contributed by atoms with Gasteiger partial charge < -0.3 is 4.98 Å². The van der Waals surface area contributed by atoms with E-state index < -0.39 is 0 Å². The van der Waals surface area contributed by atoms with Gasteiger partial charge in [-0.05, 0) is 31.5 Å². The summed E-state index contributed by atoms with van der Waals surface area (Å²) in [5, 5.41) is 1.32. The molecule has 2 heteroatoms. The molecule has 1 aromatic heterocycles. The molecule has 0 aliphatic heterocycles.